The normalized spacial score (nSPS) is 15.3. The lowest BCUT2D eigenvalue weighted by Gasteiger charge is -2.24. The number of nitrogens with one attached hydrogen (secondary N) is 1. The van der Waals surface area contributed by atoms with Crippen LogP contribution >= 0.6 is 0 Å². The molecule has 3 heterocycles. The molecule has 0 radical (unpaired) electrons. The van der Waals surface area contributed by atoms with Crippen molar-refractivity contribution in [2.75, 3.05) is 29.9 Å². The van der Waals surface area contributed by atoms with Crippen molar-refractivity contribution >= 4 is 11.6 Å². The molecule has 3 rings (SSSR count). The van der Waals surface area contributed by atoms with E-state index in [-0.39, 0.29) is 12.6 Å². The average Bonchev–Trinajstić information content (AvgIpc) is 2.86. The SMILES string of the molecule is CCCc1cnc(C)nc1N1CCc2ncnc(NC(C)CO)c2CC1. The number of anilines is 2. The molecule has 2 N–H and O–H groups in total. The molecule has 1 aliphatic heterocycles. The first kappa shape index (κ1) is 18.5. The number of aryl methyl sites for hydroxylation is 2. The highest BCUT2D eigenvalue weighted by molar-refractivity contribution is 5.51. The average molecular weight is 356 g/mol. The molecular weight excluding hydrogens is 328 g/mol. The van der Waals surface area contributed by atoms with Crippen LogP contribution in [0.1, 0.15) is 42.9 Å². The van der Waals surface area contributed by atoms with Crippen molar-refractivity contribution in [1.29, 1.82) is 0 Å². The minimum absolute atomic E-state index is 0.0333. The second-order valence-electron chi connectivity index (χ2n) is 6.88. The molecule has 2 aromatic heterocycles. The largest absolute Gasteiger partial charge is 0.394 e. The Balaban J connectivity index is 1.85. The number of hydrogen-bond donors (Lipinski definition) is 2. The Morgan fingerprint density at radius 1 is 1.23 bits per heavy atom. The molecule has 1 aliphatic rings. The third-order valence-corrected chi connectivity index (χ3v) is 4.72. The Morgan fingerprint density at radius 3 is 2.81 bits per heavy atom. The van der Waals surface area contributed by atoms with Gasteiger partial charge in [0.15, 0.2) is 0 Å². The zero-order valence-corrected chi connectivity index (χ0v) is 15.9. The van der Waals surface area contributed by atoms with Crippen molar-refractivity contribution in [3.05, 3.63) is 35.2 Å². The van der Waals surface area contributed by atoms with E-state index in [2.05, 4.69) is 32.1 Å². The summed E-state index contributed by atoms with van der Waals surface area (Å²) >= 11 is 0. The lowest BCUT2D eigenvalue weighted by atomic mass is 10.1. The van der Waals surface area contributed by atoms with Crippen LogP contribution in [0.4, 0.5) is 11.6 Å². The highest BCUT2D eigenvalue weighted by atomic mass is 16.3. The van der Waals surface area contributed by atoms with E-state index in [0.717, 1.165) is 67.5 Å². The van der Waals surface area contributed by atoms with Gasteiger partial charge in [-0.1, -0.05) is 13.3 Å². The molecule has 0 saturated carbocycles. The first-order valence-electron chi connectivity index (χ1n) is 9.40. The third kappa shape index (κ3) is 4.09. The molecule has 0 aliphatic carbocycles. The second-order valence-corrected chi connectivity index (χ2v) is 6.88. The minimum atomic E-state index is -0.0333. The van der Waals surface area contributed by atoms with Gasteiger partial charge < -0.3 is 15.3 Å². The Hall–Kier alpha value is -2.28. The topological polar surface area (TPSA) is 87.1 Å². The van der Waals surface area contributed by atoms with E-state index in [1.807, 2.05) is 20.0 Å². The Bertz CT molecular complexity index is 751. The molecule has 0 spiro atoms. The van der Waals surface area contributed by atoms with Crippen LogP contribution in [0.3, 0.4) is 0 Å². The highest BCUT2D eigenvalue weighted by Crippen LogP contribution is 2.25. The molecule has 0 bridgehead atoms. The zero-order valence-electron chi connectivity index (χ0n) is 15.9. The standard InChI is InChI=1S/C19H28N6O/c1-4-5-15-10-20-14(3)24-19(15)25-8-6-16-17(7-9-25)21-12-22-18(16)23-13(2)11-26/h10,12-13,26H,4-9,11H2,1-3H3,(H,21,22,23). The summed E-state index contributed by atoms with van der Waals surface area (Å²) in [6, 6.07) is -0.0333. The van der Waals surface area contributed by atoms with Gasteiger partial charge in [-0.05, 0) is 26.7 Å². The monoisotopic (exact) mass is 356 g/mol. The van der Waals surface area contributed by atoms with Gasteiger partial charge in [0.2, 0.25) is 0 Å². The van der Waals surface area contributed by atoms with Crippen LogP contribution < -0.4 is 10.2 Å². The fraction of sp³-hybridized carbons (Fsp3) is 0.579. The van der Waals surface area contributed by atoms with Crippen molar-refractivity contribution in [3.8, 4) is 0 Å². The maximum absolute atomic E-state index is 9.33. The predicted molar refractivity (Wildman–Crippen MR) is 103 cm³/mol. The fourth-order valence-electron chi connectivity index (χ4n) is 3.34. The van der Waals surface area contributed by atoms with Gasteiger partial charge in [0.05, 0.1) is 12.3 Å². The predicted octanol–water partition coefficient (Wildman–Crippen LogP) is 1.93. The van der Waals surface area contributed by atoms with Crippen molar-refractivity contribution in [1.82, 2.24) is 19.9 Å². The summed E-state index contributed by atoms with van der Waals surface area (Å²) in [4.78, 5) is 20.4. The molecule has 2 aromatic rings. The fourth-order valence-corrected chi connectivity index (χ4v) is 3.34. The van der Waals surface area contributed by atoms with Gasteiger partial charge in [-0.25, -0.2) is 19.9 Å². The molecule has 1 unspecified atom stereocenters. The number of nitrogens with zero attached hydrogens (tertiary/aromatic N) is 5. The quantitative estimate of drug-likeness (QED) is 0.818. The summed E-state index contributed by atoms with van der Waals surface area (Å²) in [5.74, 6) is 2.70. The number of aliphatic hydroxyl groups excluding tert-OH is 1. The first-order chi connectivity index (χ1) is 12.6. The van der Waals surface area contributed by atoms with Crippen molar-refractivity contribution in [2.24, 2.45) is 0 Å². The summed E-state index contributed by atoms with van der Waals surface area (Å²) in [5, 5.41) is 12.6. The molecule has 0 aromatic carbocycles. The van der Waals surface area contributed by atoms with Gasteiger partial charge in [-0.15, -0.1) is 0 Å². The van der Waals surface area contributed by atoms with E-state index in [4.69, 9.17) is 4.98 Å². The molecule has 7 nitrogen and oxygen atoms in total. The lowest BCUT2D eigenvalue weighted by Crippen LogP contribution is -2.28. The summed E-state index contributed by atoms with van der Waals surface area (Å²) in [7, 11) is 0. The maximum atomic E-state index is 9.33. The summed E-state index contributed by atoms with van der Waals surface area (Å²) in [5.41, 5.74) is 3.44. The molecule has 7 heteroatoms. The first-order valence-corrected chi connectivity index (χ1v) is 9.40. The van der Waals surface area contributed by atoms with Gasteiger partial charge >= 0.3 is 0 Å². The number of rotatable bonds is 6. The van der Waals surface area contributed by atoms with Gasteiger partial charge in [-0.2, -0.15) is 0 Å². The van der Waals surface area contributed by atoms with Crippen LogP contribution in [0.5, 0.6) is 0 Å². The van der Waals surface area contributed by atoms with E-state index in [1.165, 1.54) is 5.56 Å². The number of aromatic nitrogens is 4. The lowest BCUT2D eigenvalue weighted by molar-refractivity contribution is 0.281. The minimum Gasteiger partial charge on any atom is -0.394 e. The van der Waals surface area contributed by atoms with Crippen LogP contribution in [0.2, 0.25) is 0 Å². The van der Waals surface area contributed by atoms with Crippen LogP contribution in [-0.4, -0.2) is 50.8 Å². The second kappa shape index (κ2) is 8.40. The molecule has 0 amide bonds. The molecule has 1 atom stereocenters. The molecule has 0 fully saturated rings. The summed E-state index contributed by atoms with van der Waals surface area (Å²) < 4.78 is 0. The van der Waals surface area contributed by atoms with E-state index in [0.29, 0.717) is 0 Å². The van der Waals surface area contributed by atoms with Gasteiger partial charge in [0.25, 0.3) is 0 Å². The highest BCUT2D eigenvalue weighted by Gasteiger charge is 2.21. The van der Waals surface area contributed by atoms with Crippen LogP contribution in [0.15, 0.2) is 12.5 Å². The van der Waals surface area contributed by atoms with E-state index < -0.39 is 0 Å². The molecule has 140 valence electrons. The molecular formula is C19H28N6O. The van der Waals surface area contributed by atoms with E-state index in [9.17, 15) is 5.11 Å². The van der Waals surface area contributed by atoms with Crippen LogP contribution in [0.25, 0.3) is 0 Å². The Kier molecular flexibility index (Phi) is 5.98. The van der Waals surface area contributed by atoms with Crippen molar-refractivity contribution < 1.29 is 5.11 Å². The van der Waals surface area contributed by atoms with Crippen molar-refractivity contribution in [3.63, 3.8) is 0 Å². The van der Waals surface area contributed by atoms with Crippen molar-refractivity contribution in [2.45, 2.75) is 52.5 Å². The number of aliphatic hydroxyl groups is 1. The Morgan fingerprint density at radius 2 is 2.04 bits per heavy atom. The number of hydrogen-bond acceptors (Lipinski definition) is 7. The third-order valence-electron chi connectivity index (χ3n) is 4.72. The van der Waals surface area contributed by atoms with E-state index in [1.54, 1.807) is 6.33 Å². The molecule has 26 heavy (non-hydrogen) atoms. The van der Waals surface area contributed by atoms with Gasteiger partial charge in [0.1, 0.15) is 23.8 Å². The maximum Gasteiger partial charge on any atom is 0.135 e. The number of fused-ring (bicyclic) bond motifs is 1. The Labute approximate surface area is 154 Å². The van der Waals surface area contributed by atoms with E-state index >= 15 is 0 Å². The zero-order chi connectivity index (χ0) is 18.5. The molecule has 0 saturated heterocycles. The summed E-state index contributed by atoms with van der Waals surface area (Å²) in [6.45, 7) is 7.89. The summed E-state index contributed by atoms with van der Waals surface area (Å²) in [6.07, 6.45) is 7.35. The van der Waals surface area contributed by atoms with Crippen LogP contribution in [-0.2, 0) is 19.3 Å². The smallest absolute Gasteiger partial charge is 0.135 e. The van der Waals surface area contributed by atoms with Crippen LogP contribution in [0, 0.1) is 6.92 Å². The van der Waals surface area contributed by atoms with Gasteiger partial charge in [-0.3, -0.25) is 0 Å². The van der Waals surface area contributed by atoms with Gasteiger partial charge in [0, 0.05) is 42.9 Å².